The topological polar surface area (TPSA) is 54.9 Å². The zero-order chi connectivity index (χ0) is 17.6. The van der Waals surface area contributed by atoms with E-state index in [1.807, 2.05) is 24.4 Å². The van der Waals surface area contributed by atoms with Crippen molar-refractivity contribution in [2.24, 2.45) is 0 Å². The summed E-state index contributed by atoms with van der Waals surface area (Å²) in [7, 11) is 0. The average molecular weight is 351 g/mol. The van der Waals surface area contributed by atoms with Gasteiger partial charge in [0, 0.05) is 23.3 Å². The summed E-state index contributed by atoms with van der Waals surface area (Å²) in [6, 6.07) is 12.2. The first-order valence-corrected chi connectivity index (χ1v) is 9.26. The molecular weight excluding hydrogens is 330 g/mol. The highest BCUT2D eigenvalue weighted by Gasteiger charge is 2.12. The van der Waals surface area contributed by atoms with E-state index < -0.39 is 0 Å². The fourth-order valence-corrected chi connectivity index (χ4v) is 3.40. The van der Waals surface area contributed by atoms with Gasteiger partial charge in [0.2, 0.25) is 5.91 Å². The number of nitrogens with one attached hydrogen (secondary N) is 1. The van der Waals surface area contributed by atoms with Crippen LogP contribution in [0.5, 0.6) is 0 Å². The van der Waals surface area contributed by atoms with Gasteiger partial charge in [0.05, 0.1) is 18.2 Å². The standard InChI is InChI=1S/C20H21N3OS/c1-3-15-6-8-16(9-7-15)14(2)22-19(24)11-18-13-25-20(23-18)17-5-4-10-21-12-17/h4-10,12-14H,3,11H2,1-2H3,(H,22,24). The number of carbonyl (C=O) groups excluding carboxylic acids is 1. The number of nitrogens with zero attached hydrogens (tertiary/aromatic N) is 2. The normalized spacial score (nSPS) is 11.9. The van der Waals surface area contributed by atoms with Gasteiger partial charge < -0.3 is 5.32 Å². The summed E-state index contributed by atoms with van der Waals surface area (Å²) >= 11 is 1.53. The van der Waals surface area contributed by atoms with E-state index in [9.17, 15) is 4.79 Å². The smallest absolute Gasteiger partial charge is 0.226 e. The molecule has 1 aromatic carbocycles. The van der Waals surface area contributed by atoms with Gasteiger partial charge in [-0.2, -0.15) is 0 Å². The zero-order valence-corrected chi connectivity index (χ0v) is 15.2. The predicted molar refractivity (Wildman–Crippen MR) is 101 cm³/mol. The molecule has 4 nitrogen and oxygen atoms in total. The molecule has 0 aliphatic carbocycles. The summed E-state index contributed by atoms with van der Waals surface area (Å²) < 4.78 is 0. The van der Waals surface area contributed by atoms with Gasteiger partial charge >= 0.3 is 0 Å². The summed E-state index contributed by atoms with van der Waals surface area (Å²) in [6.07, 6.45) is 4.82. The third kappa shape index (κ3) is 4.51. The van der Waals surface area contributed by atoms with E-state index in [2.05, 4.69) is 46.5 Å². The number of aromatic nitrogens is 2. The van der Waals surface area contributed by atoms with Crippen LogP contribution in [0, 0.1) is 0 Å². The van der Waals surface area contributed by atoms with Crippen molar-refractivity contribution in [1.29, 1.82) is 0 Å². The number of carbonyl (C=O) groups is 1. The maximum Gasteiger partial charge on any atom is 0.226 e. The third-order valence-electron chi connectivity index (χ3n) is 4.07. The second kappa shape index (κ2) is 8.03. The molecule has 128 valence electrons. The van der Waals surface area contributed by atoms with Crippen LogP contribution in [0.2, 0.25) is 0 Å². The number of amides is 1. The number of pyridine rings is 1. The van der Waals surface area contributed by atoms with Crippen LogP contribution >= 0.6 is 11.3 Å². The fourth-order valence-electron chi connectivity index (χ4n) is 2.59. The first-order valence-electron chi connectivity index (χ1n) is 8.38. The van der Waals surface area contributed by atoms with Crippen molar-refractivity contribution in [2.75, 3.05) is 0 Å². The first kappa shape index (κ1) is 17.3. The van der Waals surface area contributed by atoms with Crippen LogP contribution in [0.25, 0.3) is 10.6 Å². The van der Waals surface area contributed by atoms with Crippen molar-refractivity contribution in [2.45, 2.75) is 32.7 Å². The van der Waals surface area contributed by atoms with E-state index in [1.54, 1.807) is 12.4 Å². The lowest BCUT2D eigenvalue weighted by Gasteiger charge is -2.14. The second-order valence-corrected chi connectivity index (χ2v) is 6.80. The Morgan fingerprint density at radius 2 is 2.04 bits per heavy atom. The van der Waals surface area contributed by atoms with E-state index in [-0.39, 0.29) is 18.4 Å². The number of rotatable bonds is 6. The van der Waals surface area contributed by atoms with Gasteiger partial charge in [-0.05, 0) is 36.6 Å². The molecule has 0 saturated carbocycles. The molecule has 0 spiro atoms. The number of aryl methyl sites for hydroxylation is 1. The lowest BCUT2D eigenvalue weighted by Crippen LogP contribution is -2.28. The Labute approximate surface area is 152 Å². The van der Waals surface area contributed by atoms with Crippen LogP contribution in [-0.2, 0) is 17.6 Å². The van der Waals surface area contributed by atoms with Crippen LogP contribution in [0.15, 0.2) is 54.2 Å². The van der Waals surface area contributed by atoms with Gasteiger partial charge in [0.25, 0.3) is 0 Å². The van der Waals surface area contributed by atoms with Crippen LogP contribution in [-0.4, -0.2) is 15.9 Å². The SMILES string of the molecule is CCc1ccc(C(C)NC(=O)Cc2csc(-c3cccnc3)n2)cc1. The van der Waals surface area contributed by atoms with Crippen molar-refractivity contribution < 1.29 is 4.79 Å². The first-order chi connectivity index (χ1) is 12.2. The van der Waals surface area contributed by atoms with Gasteiger partial charge in [0.15, 0.2) is 0 Å². The summed E-state index contributed by atoms with van der Waals surface area (Å²) in [5.41, 5.74) is 4.17. The molecule has 0 aliphatic heterocycles. The quantitative estimate of drug-likeness (QED) is 0.724. The molecule has 0 aliphatic rings. The molecule has 1 N–H and O–H groups in total. The van der Waals surface area contributed by atoms with Crippen LogP contribution in [0.4, 0.5) is 0 Å². The number of benzene rings is 1. The number of hydrogen-bond acceptors (Lipinski definition) is 4. The summed E-state index contributed by atoms with van der Waals surface area (Å²) in [5, 5.41) is 5.87. The zero-order valence-electron chi connectivity index (χ0n) is 14.4. The molecule has 5 heteroatoms. The van der Waals surface area contributed by atoms with Gasteiger partial charge in [-0.3, -0.25) is 9.78 Å². The van der Waals surface area contributed by atoms with Gasteiger partial charge in [-0.15, -0.1) is 11.3 Å². The lowest BCUT2D eigenvalue weighted by molar-refractivity contribution is -0.121. The second-order valence-electron chi connectivity index (χ2n) is 5.95. The highest BCUT2D eigenvalue weighted by molar-refractivity contribution is 7.13. The lowest BCUT2D eigenvalue weighted by atomic mass is 10.0. The molecule has 0 fully saturated rings. The Kier molecular flexibility index (Phi) is 5.56. The molecule has 1 unspecified atom stereocenters. The van der Waals surface area contributed by atoms with E-state index in [1.165, 1.54) is 16.9 Å². The molecule has 0 saturated heterocycles. The fraction of sp³-hybridized carbons (Fsp3) is 0.250. The third-order valence-corrected chi connectivity index (χ3v) is 5.01. The molecule has 1 amide bonds. The van der Waals surface area contributed by atoms with Gasteiger partial charge in [-0.25, -0.2) is 4.98 Å². The molecule has 3 aromatic rings. The molecular formula is C20H21N3OS. The van der Waals surface area contributed by atoms with E-state index in [4.69, 9.17) is 0 Å². The van der Waals surface area contributed by atoms with Crippen molar-refractivity contribution in [3.63, 3.8) is 0 Å². The molecule has 2 heterocycles. The average Bonchev–Trinajstić information content (AvgIpc) is 3.10. The highest BCUT2D eigenvalue weighted by atomic mass is 32.1. The van der Waals surface area contributed by atoms with E-state index in [0.717, 1.165) is 28.2 Å². The molecule has 0 bridgehead atoms. The Balaban J connectivity index is 1.59. The van der Waals surface area contributed by atoms with E-state index in [0.29, 0.717) is 0 Å². The predicted octanol–water partition coefficient (Wildman–Crippen LogP) is 4.19. The minimum absolute atomic E-state index is 0.0184. The largest absolute Gasteiger partial charge is 0.349 e. The van der Waals surface area contributed by atoms with Crippen molar-refractivity contribution in [1.82, 2.24) is 15.3 Å². The Morgan fingerprint density at radius 3 is 2.72 bits per heavy atom. The monoisotopic (exact) mass is 351 g/mol. The Bertz CT molecular complexity index is 828. The molecule has 0 radical (unpaired) electrons. The van der Waals surface area contributed by atoms with Crippen LogP contribution < -0.4 is 5.32 Å². The Morgan fingerprint density at radius 1 is 1.24 bits per heavy atom. The molecule has 2 aromatic heterocycles. The summed E-state index contributed by atoms with van der Waals surface area (Å²) in [6.45, 7) is 4.13. The number of thiazole rings is 1. The number of hydrogen-bond donors (Lipinski definition) is 1. The maximum atomic E-state index is 12.3. The Hall–Kier alpha value is -2.53. The van der Waals surface area contributed by atoms with Crippen LogP contribution in [0.1, 0.15) is 36.7 Å². The minimum Gasteiger partial charge on any atom is -0.349 e. The van der Waals surface area contributed by atoms with Gasteiger partial charge in [-0.1, -0.05) is 31.2 Å². The van der Waals surface area contributed by atoms with Crippen molar-refractivity contribution >= 4 is 17.2 Å². The van der Waals surface area contributed by atoms with Crippen molar-refractivity contribution in [3.8, 4) is 10.6 Å². The minimum atomic E-state index is -0.0187. The van der Waals surface area contributed by atoms with Crippen LogP contribution in [0.3, 0.4) is 0 Å². The molecule has 25 heavy (non-hydrogen) atoms. The summed E-state index contributed by atoms with van der Waals surface area (Å²) in [5.74, 6) is -0.0184. The molecule has 1 atom stereocenters. The maximum absolute atomic E-state index is 12.3. The highest BCUT2D eigenvalue weighted by Crippen LogP contribution is 2.23. The van der Waals surface area contributed by atoms with Crippen molar-refractivity contribution in [3.05, 3.63) is 71.0 Å². The molecule has 3 rings (SSSR count). The summed E-state index contributed by atoms with van der Waals surface area (Å²) in [4.78, 5) is 21.0. The van der Waals surface area contributed by atoms with Gasteiger partial charge in [0.1, 0.15) is 5.01 Å². The van der Waals surface area contributed by atoms with E-state index >= 15 is 0 Å².